The highest BCUT2D eigenvalue weighted by Gasteiger charge is 2.39. The number of hydrogen-bond acceptors (Lipinski definition) is 5. The SMILES string of the molecule is CC(C)=CCn1nc(C(=O)N[C@H]2C[C@H]3COC[C@@H](C2)N3Cc2cccc(N)c2)c2ccccc21. The molecule has 2 aliphatic heterocycles. The van der Waals surface area contributed by atoms with E-state index in [9.17, 15) is 4.79 Å². The molecule has 34 heavy (non-hydrogen) atoms. The molecule has 0 unspecified atom stereocenters. The number of anilines is 1. The molecular weight excluding hydrogens is 426 g/mol. The van der Waals surface area contributed by atoms with Crippen LogP contribution in [0.5, 0.6) is 0 Å². The fourth-order valence-electron chi connectivity index (χ4n) is 5.23. The highest BCUT2D eigenvalue weighted by atomic mass is 16.5. The minimum absolute atomic E-state index is 0.0968. The van der Waals surface area contributed by atoms with Gasteiger partial charge in [-0.1, -0.05) is 42.0 Å². The molecule has 2 bridgehead atoms. The van der Waals surface area contributed by atoms with Crippen molar-refractivity contribution < 1.29 is 9.53 Å². The molecule has 7 nitrogen and oxygen atoms in total. The molecule has 0 aliphatic carbocycles. The molecule has 2 aliphatic rings. The lowest BCUT2D eigenvalue weighted by molar-refractivity contribution is -0.0843. The number of aromatic nitrogens is 2. The summed E-state index contributed by atoms with van der Waals surface area (Å²) >= 11 is 0. The summed E-state index contributed by atoms with van der Waals surface area (Å²) in [6, 6.07) is 16.7. The van der Waals surface area contributed by atoms with Gasteiger partial charge in [0, 0.05) is 35.7 Å². The zero-order valence-corrected chi connectivity index (χ0v) is 19.9. The molecule has 0 saturated carbocycles. The lowest BCUT2D eigenvalue weighted by Gasteiger charge is -2.48. The van der Waals surface area contributed by atoms with Crippen molar-refractivity contribution in [3.63, 3.8) is 0 Å². The molecule has 178 valence electrons. The Labute approximate surface area is 200 Å². The maximum atomic E-state index is 13.3. The summed E-state index contributed by atoms with van der Waals surface area (Å²) < 4.78 is 7.78. The number of ether oxygens (including phenoxy) is 1. The first-order valence-corrected chi connectivity index (χ1v) is 12.1. The number of amides is 1. The van der Waals surface area contributed by atoms with E-state index in [1.165, 1.54) is 11.1 Å². The average Bonchev–Trinajstić information content (AvgIpc) is 3.17. The Kier molecular flexibility index (Phi) is 6.39. The van der Waals surface area contributed by atoms with E-state index >= 15 is 0 Å². The van der Waals surface area contributed by atoms with E-state index in [0.29, 0.717) is 25.5 Å². The summed E-state index contributed by atoms with van der Waals surface area (Å²) in [6.07, 6.45) is 3.85. The topological polar surface area (TPSA) is 85.4 Å². The first-order chi connectivity index (χ1) is 16.5. The van der Waals surface area contributed by atoms with Crippen LogP contribution >= 0.6 is 0 Å². The van der Waals surface area contributed by atoms with Gasteiger partial charge in [0.25, 0.3) is 5.91 Å². The van der Waals surface area contributed by atoms with Crippen LogP contribution in [0.4, 0.5) is 5.69 Å². The Bertz CT molecular complexity index is 1200. The van der Waals surface area contributed by atoms with Crippen LogP contribution in [0.3, 0.4) is 0 Å². The third-order valence-corrected chi connectivity index (χ3v) is 6.87. The largest absolute Gasteiger partial charge is 0.399 e. The van der Waals surface area contributed by atoms with E-state index in [4.69, 9.17) is 15.6 Å². The molecule has 5 rings (SSSR count). The van der Waals surface area contributed by atoms with Gasteiger partial charge in [0.1, 0.15) is 0 Å². The normalized spacial score (nSPS) is 22.5. The molecule has 3 atom stereocenters. The predicted octanol–water partition coefficient (Wildman–Crippen LogP) is 3.75. The minimum Gasteiger partial charge on any atom is -0.399 e. The number of nitrogens with zero attached hydrogens (tertiary/aromatic N) is 3. The van der Waals surface area contributed by atoms with Crippen molar-refractivity contribution in [1.29, 1.82) is 0 Å². The second kappa shape index (κ2) is 9.60. The van der Waals surface area contributed by atoms with Gasteiger partial charge < -0.3 is 15.8 Å². The van der Waals surface area contributed by atoms with Gasteiger partial charge in [0.2, 0.25) is 0 Å². The molecule has 3 N–H and O–H groups in total. The molecule has 2 saturated heterocycles. The number of nitrogen functional groups attached to an aromatic ring is 1. The van der Waals surface area contributed by atoms with Gasteiger partial charge in [-0.15, -0.1) is 0 Å². The number of allylic oxidation sites excluding steroid dienone is 2. The standard InChI is InChI=1S/C27H33N5O2/c1-18(2)10-11-32-25-9-4-3-8-24(25)26(30-32)27(33)29-21-13-22-16-34-17-23(14-21)31(22)15-19-6-5-7-20(28)12-19/h3-10,12,21-23H,11,13-17,28H2,1-2H3,(H,29,33)/t21-,22-,23+. The lowest BCUT2D eigenvalue weighted by Crippen LogP contribution is -2.60. The maximum Gasteiger partial charge on any atom is 0.272 e. The Morgan fingerprint density at radius 3 is 2.65 bits per heavy atom. The summed E-state index contributed by atoms with van der Waals surface area (Å²) in [6.45, 7) is 7.01. The molecule has 2 aromatic carbocycles. The number of carbonyl (C=O) groups is 1. The van der Waals surface area contributed by atoms with Crippen LogP contribution in [0.2, 0.25) is 0 Å². The van der Waals surface area contributed by atoms with E-state index < -0.39 is 0 Å². The number of nitrogens with one attached hydrogen (secondary N) is 1. The van der Waals surface area contributed by atoms with Crippen LogP contribution in [0, 0.1) is 0 Å². The van der Waals surface area contributed by atoms with E-state index in [-0.39, 0.29) is 24.0 Å². The number of morpholine rings is 1. The van der Waals surface area contributed by atoms with Crippen LogP contribution in [0.25, 0.3) is 10.9 Å². The highest BCUT2D eigenvalue weighted by molar-refractivity contribution is 6.05. The van der Waals surface area contributed by atoms with Crippen molar-refractivity contribution in [2.75, 3.05) is 18.9 Å². The number of nitrogens with two attached hydrogens (primary N) is 1. The molecule has 3 aromatic rings. The van der Waals surface area contributed by atoms with Crippen molar-refractivity contribution in [2.24, 2.45) is 0 Å². The van der Waals surface area contributed by atoms with E-state index in [0.717, 1.165) is 36.0 Å². The van der Waals surface area contributed by atoms with Gasteiger partial charge in [-0.3, -0.25) is 14.4 Å². The minimum atomic E-state index is -0.0968. The third-order valence-electron chi connectivity index (χ3n) is 6.87. The van der Waals surface area contributed by atoms with Gasteiger partial charge in [-0.05, 0) is 50.5 Å². The number of carbonyl (C=O) groups excluding carboxylic acids is 1. The van der Waals surface area contributed by atoms with E-state index in [2.05, 4.69) is 36.2 Å². The van der Waals surface area contributed by atoms with E-state index in [1.54, 1.807) is 0 Å². The van der Waals surface area contributed by atoms with Crippen LogP contribution < -0.4 is 11.1 Å². The second-order valence-corrected chi connectivity index (χ2v) is 9.73. The summed E-state index contributed by atoms with van der Waals surface area (Å²) in [5.74, 6) is -0.0968. The molecule has 0 radical (unpaired) electrons. The van der Waals surface area contributed by atoms with Crippen LogP contribution in [0.15, 0.2) is 60.2 Å². The number of hydrogen-bond donors (Lipinski definition) is 2. The van der Waals surface area contributed by atoms with Crippen LogP contribution in [-0.2, 0) is 17.8 Å². The van der Waals surface area contributed by atoms with Gasteiger partial charge in [0.05, 0.1) is 25.3 Å². The Morgan fingerprint density at radius 1 is 1.15 bits per heavy atom. The van der Waals surface area contributed by atoms with Gasteiger partial charge in [0.15, 0.2) is 5.69 Å². The number of piperidine rings is 1. The molecular formula is C27H33N5O2. The Hall–Kier alpha value is -3.16. The maximum absolute atomic E-state index is 13.3. The van der Waals surface area contributed by atoms with Crippen molar-refractivity contribution >= 4 is 22.5 Å². The fraction of sp³-hybridized carbons (Fsp3) is 0.407. The number of benzene rings is 2. The van der Waals surface area contributed by atoms with Crippen LogP contribution in [-0.4, -0.2) is 51.9 Å². The third kappa shape index (κ3) is 4.72. The second-order valence-electron chi connectivity index (χ2n) is 9.73. The molecule has 2 fully saturated rings. The zero-order chi connectivity index (χ0) is 23.7. The summed E-state index contributed by atoms with van der Waals surface area (Å²) in [5.41, 5.74) is 10.7. The monoisotopic (exact) mass is 459 g/mol. The van der Waals surface area contributed by atoms with Crippen molar-refractivity contribution in [1.82, 2.24) is 20.0 Å². The van der Waals surface area contributed by atoms with Gasteiger partial charge in [-0.2, -0.15) is 5.10 Å². The average molecular weight is 460 g/mol. The Morgan fingerprint density at radius 2 is 1.91 bits per heavy atom. The van der Waals surface area contributed by atoms with Crippen LogP contribution in [0.1, 0.15) is 42.7 Å². The molecule has 1 aromatic heterocycles. The van der Waals surface area contributed by atoms with Crippen molar-refractivity contribution in [2.45, 2.75) is 57.9 Å². The van der Waals surface area contributed by atoms with E-state index in [1.807, 2.05) is 47.1 Å². The quantitative estimate of drug-likeness (QED) is 0.433. The lowest BCUT2D eigenvalue weighted by atomic mass is 9.89. The molecule has 0 spiro atoms. The summed E-state index contributed by atoms with van der Waals surface area (Å²) in [7, 11) is 0. The Balaban J connectivity index is 1.31. The fourth-order valence-corrected chi connectivity index (χ4v) is 5.23. The zero-order valence-electron chi connectivity index (χ0n) is 19.9. The molecule has 1 amide bonds. The van der Waals surface area contributed by atoms with Crippen molar-refractivity contribution in [3.8, 4) is 0 Å². The number of para-hydroxylation sites is 1. The number of fused-ring (bicyclic) bond motifs is 3. The van der Waals surface area contributed by atoms with Gasteiger partial charge in [-0.25, -0.2) is 0 Å². The highest BCUT2D eigenvalue weighted by Crippen LogP contribution is 2.30. The first-order valence-electron chi connectivity index (χ1n) is 12.1. The smallest absolute Gasteiger partial charge is 0.272 e. The molecule has 3 heterocycles. The first kappa shape index (κ1) is 22.6. The summed E-state index contributed by atoms with van der Waals surface area (Å²) in [5, 5.41) is 8.88. The predicted molar refractivity (Wildman–Crippen MR) is 134 cm³/mol. The molecule has 7 heteroatoms. The van der Waals surface area contributed by atoms with Gasteiger partial charge >= 0.3 is 0 Å². The summed E-state index contributed by atoms with van der Waals surface area (Å²) in [4.78, 5) is 15.9. The van der Waals surface area contributed by atoms with Crippen molar-refractivity contribution in [3.05, 3.63) is 71.4 Å². The number of rotatable bonds is 6.